The fraction of sp³-hybridized carbons (Fsp3) is 0.816. The minimum atomic E-state index is -2.33. The number of hydrogen-bond acceptors (Lipinski definition) is 31. The SMILES string of the molecule is C/C=C(/C)C(=O)O[C@H]1[C@H](OC(=O)/C=C/c2ccccc2)[C@@]23[C@@H](CC1(C)C)[C@]1(CC[C@@H]4[C@@]5(C)CC[C@H]([C@@H]6O[C@H](C(=O)O)[C@@H](O)[C@H](O[C@@H]7O[C@H](CO)[C@H](O)[C@H](O)[C@H]7O[C@@H]7O[C@@H](C)[C@H](O)[C@@H](O)[C@H]7O[C@@H]7O[C@@H](C)[C@H](O)[C@@H](O)[C@H]7O)[C@H]6O[C@@H]6O[C@H](CO)[C@H](O)[C@H](O)[C@H]6O)C(C)(C)[C@@H]5CC[C@@]4(C)[C@]1(C)C[C@H]2OC(C)=O)O[C@@H]3O. The second-order valence-corrected chi connectivity index (χ2v) is 34.2. The molecular weight excluding hydrogens is 1420 g/mol. The first-order chi connectivity index (χ1) is 50.6. The second kappa shape index (κ2) is 30.8. The predicted molar refractivity (Wildman–Crippen MR) is 367 cm³/mol. The van der Waals surface area contributed by atoms with Crippen molar-refractivity contribution in [3.8, 4) is 0 Å². The number of esters is 3. The van der Waals surface area contributed by atoms with Crippen LogP contribution in [0.4, 0.5) is 0 Å². The van der Waals surface area contributed by atoms with Crippen molar-refractivity contribution < 1.29 is 157 Å². The lowest BCUT2D eigenvalue weighted by Gasteiger charge is -2.75. The van der Waals surface area contributed by atoms with Gasteiger partial charge in [0.2, 0.25) is 0 Å². The van der Waals surface area contributed by atoms with Crippen molar-refractivity contribution >= 4 is 30.0 Å². The number of carbonyl (C=O) groups is 4. The third-order valence-corrected chi connectivity index (χ3v) is 27.9. The lowest BCUT2D eigenvalue weighted by atomic mass is 9.30. The van der Waals surface area contributed by atoms with Gasteiger partial charge in [0.05, 0.1) is 37.1 Å². The molecule has 0 radical (unpaired) electrons. The molecule has 5 aliphatic carbocycles. The summed E-state index contributed by atoms with van der Waals surface area (Å²) < 4.78 is 83.2. The van der Waals surface area contributed by atoms with Gasteiger partial charge in [-0.05, 0) is 125 Å². The van der Waals surface area contributed by atoms with Gasteiger partial charge in [-0.2, -0.15) is 0 Å². The Morgan fingerprint density at radius 3 is 1.69 bits per heavy atom. The third kappa shape index (κ3) is 13.5. The highest BCUT2D eigenvalue weighted by Crippen LogP contribution is 2.82. The largest absolute Gasteiger partial charge is 0.479 e. The molecule has 1 aromatic carbocycles. The lowest BCUT2D eigenvalue weighted by molar-refractivity contribution is -0.403. The van der Waals surface area contributed by atoms with E-state index in [2.05, 4.69) is 20.8 Å². The topological polar surface area (TPSA) is 492 Å². The molecule has 6 heterocycles. The molecule has 0 amide bonds. The van der Waals surface area contributed by atoms with Crippen molar-refractivity contribution in [2.24, 2.45) is 56.2 Å². The molecular formula is C76H112O32. The summed E-state index contributed by atoms with van der Waals surface area (Å²) in [6.45, 7) is 19.7. The van der Waals surface area contributed by atoms with Crippen molar-refractivity contribution in [2.75, 3.05) is 13.2 Å². The van der Waals surface area contributed by atoms with Gasteiger partial charge in [-0.1, -0.05) is 84.9 Å². The molecule has 0 aromatic heterocycles. The number of carboxylic acid groups (broad SMARTS) is 1. The minimum absolute atomic E-state index is 0.101. The van der Waals surface area contributed by atoms with Gasteiger partial charge in [0, 0.05) is 35.3 Å². The molecule has 1 aromatic rings. The summed E-state index contributed by atoms with van der Waals surface area (Å²) >= 11 is 0. The van der Waals surface area contributed by atoms with E-state index in [0.717, 1.165) is 0 Å². The molecule has 11 fully saturated rings. The number of allylic oxidation sites excluding steroid dienone is 1. The highest BCUT2D eigenvalue weighted by atomic mass is 16.8. The summed E-state index contributed by atoms with van der Waals surface area (Å²) in [5.74, 6) is -5.90. The molecule has 2 bridgehead atoms. The summed E-state index contributed by atoms with van der Waals surface area (Å²) in [7, 11) is 0. The van der Waals surface area contributed by atoms with Crippen molar-refractivity contribution in [3.05, 3.63) is 53.6 Å². The van der Waals surface area contributed by atoms with Crippen LogP contribution < -0.4 is 0 Å². The predicted octanol–water partition coefficient (Wildman–Crippen LogP) is -0.493. The number of aliphatic hydroxyl groups is 14. The van der Waals surface area contributed by atoms with E-state index in [9.17, 15) is 95.8 Å². The fourth-order valence-corrected chi connectivity index (χ4v) is 22.0. The number of aliphatic hydroxyl groups excluding tert-OH is 14. The maximum Gasteiger partial charge on any atom is 0.335 e. The molecule has 15 N–H and O–H groups in total. The van der Waals surface area contributed by atoms with Crippen LogP contribution in [0.15, 0.2) is 48.1 Å². The Balaban J connectivity index is 0.900. The minimum Gasteiger partial charge on any atom is -0.479 e. The van der Waals surface area contributed by atoms with Crippen molar-refractivity contribution in [3.63, 3.8) is 0 Å². The fourth-order valence-electron chi connectivity index (χ4n) is 22.0. The quantitative estimate of drug-likeness (QED) is 0.0501. The molecule has 5 saturated carbocycles. The van der Waals surface area contributed by atoms with Gasteiger partial charge in [-0.3, -0.25) is 4.79 Å². The molecule has 608 valence electrons. The Morgan fingerprint density at radius 1 is 0.546 bits per heavy atom. The van der Waals surface area contributed by atoms with Gasteiger partial charge < -0.3 is 138 Å². The summed E-state index contributed by atoms with van der Waals surface area (Å²) in [5, 5.41) is 171. The van der Waals surface area contributed by atoms with Crippen LogP contribution in [0.5, 0.6) is 0 Å². The summed E-state index contributed by atoms with van der Waals surface area (Å²) in [5.41, 5.74) is -6.22. The zero-order chi connectivity index (χ0) is 78.9. The van der Waals surface area contributed by atoms with Gasteiger partial charge in [0.1, 0.15) is 121 Å². The lowest BCUT2D eigenvalue weighted by Crippen LogP contribution is -2.77. The van der Waals surface area contributed by atoms with Crippen LogP contribution in [-0.2, 0) is 80.8 Å². The second-order valence-electron chi connectivity index (χ2n) is 34.2. The average Bonchev–Trinajstić information content (AvgIpc) is 1.56. The highest BCUT2D eigenvalue weighted by Gasteiger charge is 2.87. The number of aliphatic carboxylic acids is 1. The van der Waals surface area contributed by atoms with E-state index < -0.39 is 265 Å². The van der Waals surface area contributed by atoms with E-state index in [1.54, 1.807) is 38.1 Å². The van der Waals surface area contributed by atoms with E-state index in [1.165, 1.54) is 26.8 Å². The van der Waals surface area contributed by atoms with Crippen LogP contribution in [-0.4, -0.2) is 297 Å². The van der Waals surface area contributed by atoms with Crippen LogP contribution in [0.1, 0.15) is 140 Å². The Hall–Kier alpha value is -4.38. The van der Waals surface area contributed by atoms with E-state index >= 15 is 0 Å². The van der Waals surface area contributed by atoms with Crippen LogP contribution in [0, 0.1) is 56.2 Å². The molecule has 0 unspecified atom stereocenters. The molecule has 38 atom stereocenters. The van der Waals surface area contributed by atoms with Gasteiger partial charge in [-0.15, -0.1) is 0 Å². The monoisotopic (exact) mass is 1540 g/mol. The van der Waals surface area contributed by atoms with Crippen molar-refractivity contribution in [2.45, 2.75) is 318 Å². The van der Waals surface area contributed by atoms with Gasteiger partial charge in [-0.25, -0.2) is 14.4 Å². The van der Waals surface area contributed by atoms with Gasteiger partial charge in [0.25, 0.3) is 0 Å². The number of rotatable bonds is 18. The first kappa shape index (κ1) is 83.1. The first-order valence-electron chi connectivity index (χ1n) is 37.8. The standard InChI is InChI=1S/C76H112O32/c1-13-31(2)64(94)107-61-62(101-43(80)20-19-35-17-15-14-16-18-35)76-41(27-70(61,6)7)75(108-69(76)95)26-23-40-72(10)24-21-36(71(8,9)39(72)22-25-73(40,11)74(75,12)28-42(76)98-34(5)79)55-60(106-66-53(90)49(86)46(83)37(29-77)99-66)56(54(91)57(102-55)63(92)93)103-68-59(51(88)47(84)38(30-78)100-68)105-67-58(50(87)45(82)33(4)97-67)104-65-52(89)48(85)44(81)32(3)96-65/h13-20,32-33,36-42,44-62,65-69,77-78,81-91,95H,21-30H2,1-12H3,(H,92,93)/b20-19+,31-13-/t32-,33-,36+,37+,38+,39-,40+,41-,42+,44-,45-,46-,47-,48+,49-,50+,51-,52+,53+,54-,55-,56-,57-,58+,59+,60-,61-,62-,65-,66-,67-,68-,69-,72-,73+,74-,75-,76+/m0/s1. The Kier molecular flexibility index (Phi) is 23.7. The van der Waals surface area contributed by atoms with E-state index in [0.29, 0.717) is 37.7 Å². The molecule has 1 spiro atoms. The molecule has 11 aliphatic rings. The number of fused-ring (bicyclic) bond motifs is 4. The van der Waals surface area contributed by atoms with Crippen LogP contribution in [0.2, 0.25) is 0 Å². The molecule has 12 rings (SSSR count). The van der Waals surface area contributed by atoms with Gasteiger partial charge >= 0.3 is 23.9 Å². The van der Waals surface area contributed by atoms with Crippen LogP contribution in [0.3, 0.4) is 0 Å². The Labute approximate surface area is 626 Å². The Morgan fingerprint density at radius 2 is 1.08 bits per heavy atom. The number of hydrogen-bond donors (Lipinski definition) is 15. The summed E-state index contributed by atoms with van der Waals surface area (Å²) in [6.07, 6.45) is -45.7. The zero-order valence-electron chi connectivity index (χ0n) is 62.9. The smallest absolute Gasteiger partial charge is 0.335 e. The summed E-state index contributed by atoms with van der Waals surface area (Å²) in [4.78, 5) is 56.2. The zero-order valence-corrected chi connectivity index (χ0v) is 62.9. The third-order valence-electron chi connectivity index (χ3n) is 27.9. The average molecular weight is 1540 g/mol. The van der Waals surface area contributed by atoms with E-state index in [1.807, 2.05) is 45.9 Å². The highest BCUT2D eigenvalue weighted by molar-refractivity contribution is 5.88. The normalized spacial score (nSPS) is 50.5. The Bertz CT molecular complexity index is 3450. The molecule has 6 saturated heterocycles. The maximum absolute atomic E-state index is 14.5. The van der Waals surface area contributed by atoms with Crippen molar-refractivity contribution in [1.82, 2.24) is 0 Å². The number of benzene rings is 1. The van der Waals surface area contributed by atoms with Crippen molar-refractivity contribution in [1.29, 1.82) is 0 Å². The molecule has 6 aliphatic heterocycles. The number of carboxylic acids is 1. The first-order valence-corrected chi connectivity index (χ1v) is 37.8. The molecule has 32 heteroatoms. The number of ether oxygens (including phenoxy) is 13. The summed E-state index contributed by atoms with van der Waals surface area (Å²) in [6, 6.07) is 9.06. The van der Waals surface area contributed by atoms with E-state index in [4.69, 9.17) is 61.6 Å². The molecule has 32 nitrogen and oxygen atoms in total. The molecule has 108 heavy (non-hydrogen) atoms. The maximum atomic E-state index is 14.5. The number of carbonyl (C=O) groups excluding carboxylic acids is 3. The van der Waals surface area contributed by atoms with E-state index in [-0.39, 0.29) is 36.7 Å². The van der Waals surface area contributed by atoms with Crippen LogP contribution >= 0.6 is 0 Å². The van der Waals surface area contributed by atoms with Gasteiger partial charge in [0.15, 0.2) is 43.7 Å². The van der Waals surface area contributed by atoms with Crippen LogP contribution in [0.25, 0.3) is 6.08 Å².